The van der Waals surface area contributed by atoms with E-state index in [1.54, 1.807) is 28.0 Å². The van der Waals surface area contributed by atoms with E-state index in [0.717, 1.165) is 30.7 Å². The largest absolute Gasteiger partial charge is 0.508 e. The van der Waals surface area contributed by atoms with Crippen LogP contribution in [0.1, 0.15) is 36.9 Å². The number of aromatic nitrogens is 3. The highest BCUT2D eigenvalue weighted by atomic mass is 16.5. The number of aromatic hydroxyl groups is 1. The van der Waals surface area contributed by atoms with Crippen LogP contribution in [0.15, 0.2) is 61.2 Å². The molecule has 0 saturated carbocycles. The second-order valence-electron chi connectivity index (χ2n) is 7.75. The summed E-state index contributed by atoms with van der Waals surface area (Å²) in [7, 11) is 0. The van der Waals surface area contributed by atoms with Gasteiger partial charge >= 0.3 is 6.03 Å². The third-order valence-corrected chi connectivity index (χ3v) is 5.50. The summed E-state index contributed by atoms with van der Waals surface area (Å²) in [5.41, 5.74) is 2.59. The molecule has 8 heteroatoms. The van der Waals surface area contributed by atoms with Gasteiger partial charge in [-0.25, -0.2) is 14.5 Å². The van der Waals surface area contributed by atoms with Gasteiger partial charge in [0.05, 0.1) is 24.4 Å². The third kappa shape index (κ3) is 5.21. The molecule has 2 N–H and O–H groups in total. The molecule has 31 heavy (non-hydrogen) atoms. The van der Waals surface area contributed by atoms with Gasteiger partial charge in [-0.1, -0.05) is 30.3 Å². The molecule has 0 aliphatic carbocycles. The normalized spacial score (nSPS) is 16.7. The molecule has 0 spiro atoms. The Labute approximate surface area is 181 Å². The van der Waals surface area contributed by atoms with E-state index in [-0.39, 0.29) is 23.9 Å². The lowest BCUT2D eigenvalue weighted by molar-refractivity contribution is 0.0788. The van der Waals surface area contributed by atoms with Crippen molar-refractivity contribution in [2.24, 2.45) is 0 Å². The van der Waals surface area contributed by atoms with Crippen molar-refractivity contribution in [1.82, 2.24) is 25.0 Å². The van der Waals surface area contributed by atoms with Crippen LogP contribution < -0.4 is 5.32 Å². The standard InChI is InChI=1S/C23H27N5O3/c1-17(18-8-10-20(11-9-18)28-16-24-15-25-28)26-23(30)27(14-21-6-4-12-31-21)13-19-5-2-3-7-22(19)29/h2-3,5,7-11,15-17,21,29H,4,6,12-14H2,1H3,(H,26,30). The van der Waals surface area contributed by atoms with Crippen LogP contribution in [0.3, 0.4) is 0 Å². The quantitative estimate of drug-likeness (QED) is 0.610. The lowest BCUT2D eigenvalue weighted by Gasteiger charge is -2.28. The first-order valence-electron chi connectivity index (χ1n) is 10.5. The van der Waals surface area contributed by atoms with Crippen LogP contribution in [0.5, 0.6) is 5.75 Å². The second-order valence-corrected chi connectivity index (χ2v) is 7.75. The summed E-state index contributed by atoms with van der Waals surface area (Å²) in [5.74, 6) is 0.185. The number of carbonyl (C=O) groups excluding carboxylic acids is 1. The highest BCUT2D eigenvalue weighted by Gasteiger charge is 2.24. The molecule has 4 rings (SSSR count). The van der Waals surface area contributed by atoms with Gasteiger partial charge < -0.3 is 20.1 Å². The maximum absolute atomic E-state index is 13.1. The fourth-order valence-corrected chi connectivity index (χ4v) is 3.72. The summed E-state index contributed by atoms with van der Waals surface area (Å²) in [6.07, 6.45) is 5.09. The van der Waals surface area contributed by atoms with Crippen molar-refractivity contribution < 1.29 is 14.6 Å². The van der Waals surface area contributed by atoms with E-state index in [9.17, 15) is 9.90 Å². The Morgan fingerprint density at radius 2 is 2.10 bits per heavy atom. The number of hydrogen-bond acceptors (Lipinski definition) is 5. The highest BCUT2D eigenvalue weighted by Crippen LogP contribution is 2.21. The smallest absolute Gasteiger partial charge is 0.318 e. The summed E-state index contributed by atoms with van der Waals surface area (Å²) in [6, 6.07) is 14.5. The van der Waals surface area contributed by atoms with Crippen molar-refractivity contribution in [3.8, 4) is 11.4 Å². The van der Waals surface area contributed by atoms with E-state index in [0.29, 0.717) is 18.7 Å². The van der Waals surface area contributed by atoms with Crippen molar-refractivity contribution in [2.75, 3.05) is 13.2 Å². The molecule has 0 bridgehead atoms. The van der Waals surface area contributed by atoms with Crippen LogP contribution in [0, 0.1) is 0 Å². The zero-order chi connectivity index (χ0) is 21.6. The molecule has 1 aromatic heterocycles. The van der Waals surface area contributed by atoms with Gasteiger partial charge in [0.15, 0.2) is 0 Å². The zero-order valence-electron chi connectivity index (χ0n) is 17.5. The number of carbonyl (C=O) groups is 1. The number of ether oxygens (including phenoxy) is 1. The lowest BCUT2D eigenvalue weighted by Crippen LogP contribution is -2.44. The minimum Gasteiger partial charge on any atom is -0.508 e. The van der Waals surface area contributed by atoms with Crippen LogP contribution >= 0.6 is 0 Å². The zero-order valence-corrected chi connectivity index (χ0v) is 17.5. The van der Waals surface area contributed by atoms with Crippen LogP contribution in [0.2, 0.25) is 0 Å². The van der Waals surface area contributed by atoms with Crippen molar-refractivity contribution >= 4 is 6.03 Å². The molecule has 2 atom stereocenters. The number of nitrogens with zero attached hydrogens (tertiary/aromatic N) is 4. The number of urea groups is 1. The molecule has 1 aliphatic rings. The first-order valence-corrected chi connectivity index (χ1v) is 10.5. The fraction of sp³-hybridized carbons (Fsp3) is 0.348. The highest BCUT2D eigenvalue weighted by molar-refractivity contribution is 5.75. The number of para-hydroxylation sites is 1. The average molecular weight is 422 g/mol. The molecule has 1 fully saturated rings. The first kappa shape index (κ1) is 20.9. The topological polar surface area (TPSA) is 92.5 Å². The number of nitrogens with one attached hydrogen (secondary N) is 1. The van der Waals surface area contributed by atoms with Crippen LogP contribution in [-0.4, -0.2) is 50.1 Å². The van der Waals surface area contributed by atoms with Gasteiger partial charge in [0.2, 0.25) is 0 Å². The molecular formula is C23H27N5O3. The van der Waals surface area contributed by atoms with Crippen molar-refractivity contribution in [3.63, 3.8) is 0 Å². The number of rotatable bonds is 7. The number of benzene rings is 2. The molecule has 1 aliphatic heterocycles. The third-order valence-electron chi connectivity index (χ3n) is 5.50. The van der Waals surface area contributed by atoms with Crippen LogP contribution in [0.25, 0.3) is 5.69 Å². The molecule has 2 heterocycles. The summed E-state index contributed by atoms with van der Waals surface area (Å²) in [4.78, 5) is 18.8. The monoisotopic (exact) mass is 421 g/mol. The predicted molar refractivity (Wildman–Crippen MR) is 116 cm³/mol. The number of hydrogen-bond donors (Lipinski definition) is 2. The number of phenolic OH excluding ortho intramolecular Hbond substituents is 1. The molecule has 2 unspecified atom stereocenters. The van der Waals surface area contributed by atoms with Gasteiger partial charge in [0.25, 0.3) is 0 Å². The van der Waals surface area contributed by atoms with Crippen molar-refractivity contribution in [1.29, 1.82) is 0 Å². The van der Waals surface area contributed by atoms with Crippen LogP contribution in [0.4, 0.5) is 4.79 Å². The molecule has 2 amide bonds. The lowest BCUT2D eigenvalue weighted by atomic mass is 10.1. The molecule has 162 valence electrons. The van der Waals surface area contributed by atoms with Gasteiger partial charge in [-0.05, 0) is 43.5 Å². The minimum absolute atomic E-state index is 0.0221. The number of phenols is 1. The van der Waals surface area contributed by atoms with E-state index in [1.807, 2.05) is 43.3 Å². The van der Waals surface area contributed by atoms with E-state index in [1.165, 1.54) is 6.33 Å². The number of amides is 2. The van der Waals surface area contributed by atoms with Gasteiger partial charge in [-0.3, -0.25) is 0 Å². The SMILES string of the molecule is CC(NC(=O)N(Cc1ccccc1O)CC1CCCO1)c1ccc(-n2cncn2)cc1. The van der Waals surface area contributed by atoms with E-state index >= 15 is 0 Å². The molecule has 0 radical (unpaired) electrons. The Morgan fingerprint density at radius 1 is 1.29 bits per heavy atom. The van der Waals surface area contributed by atoms with E-state index < -0.39 is 0 Å². The Morgan fingerprint density at radius 3 is 2.77 bits per heavy atom. The van der Waals surface area contributed by atoms with Crippen molar-refractivity contribution in [3.05, 3.63) is 72.3 Å². The summed E-state index contributed by atoms with van der Waals surface area (Å²) in [5, 5.41) is 17.4. The molecular weight excluding hydrogens is 394 g/mol. The van der Waals surface area contributed by atoms with Gasteiger partial charge in [0, 0.05) is 18.7 Å². The first-order chi connectivity index (χ1) is 15.1. The Bertz CT molecular complexity index is 985. The molecule has 8 nitrogen and oxygen atoms in total. The average Bonchev–Trinajstić information content (AvgIpc) is 3.49. The molecule has 3 aromatic rings. The molecule has 1 saturated heterocycles. The van der Waals surface area contributed by atoms with Gasteiger partial charge in [-0.15, -0.1) is 0 Å². The van der Waals surface area contributed by atoms with Crippen molar-refractivity contribution in [2.45, 2.75) is 38.5 Å². The maximum atomic E-state index is 13.1. The fourth-order valence-electron chi connectivity index (χ4n) is 3.72. The Balaban J connectivity index is 1.44. The molecule has 2 aromatic carbocycles. The summed E-state index contributed by atoms with van der Waals surface area (Å²) < 4.78 is 7.43. The van der Waals surface area contributed by atoms with Crippen LogP contribution in [-0.2, 0) is 11.3 Å². The maximum Gasteiger partial charge on any atom is 0.318 e. The second kappa shape index (κ2) is 9.61. The van der Waals surface area contributed by atoms with E-state index in [4.69, 9.17) is 4.74 Å². The summed E-state index contributed by atoms with van der Waals surface area (Å²) >= 11 is 0. The summed E-state index contributed by atoms with van der Waals surface area (Å²) in [6.45, 7) is 3.48. The predicted octanol–water partition coefficient (Wildman–Crippen LogP) is 3.42. The minimum atomic E-state index is -0.188. The Hall–Kier alpha value is -3.39. The van der Waals surface area contributed by atoms with Gasteiger partial charge in [0.1, 0.15) is 18.4 Å². The van der Waals surface area contributed by atoms with Gasteiger partial charge in [-0.2, -0.15) is 5.10 Å². The van der Waals surface area contributed by atoms with E-state index in [2.05, 4.69) is 15.4 Å². The Kier molecular flexibility index (Phi) is 6.47.